The number of piperidine rings is 1. The van der Waals surface area contributed by atoms with Gasteiger partial charge in [0.05, 0.1) is 18.4 Å². The molecule has 2 amide bonds. The van der Waals surface area contributed by atoms with E-state index in [0.29, 0.717) is 44.2 Å². The molecule has 2 fully saturated rings. The summed E-state index contributed by atoms with van der Waals surface area (Å²) in [4.78, 5) is 38.2. The van der Waals surface area contributed by atoms with E-state index in [1.165, 1.54) is 16.7 Å². The molecule has 0 aromatic heterocycles. The standard InChI is InChI=1S/C13H20N2O5S/c1-2-20-12(18)9-3-5-14(6-4-9)13(19)15-8-21-7-10(15)11(16)17/h9-10H,2-8H2,1H3,(H,16,17). The molecule has 1 unspecified atom stereocenters. The first-order valence-corrected chi connectivity index (χ1v) is 8.22. The Balaban J connectivity index is 1.88. The number of esters is 1. The average Bonchev–Trinajstić information content (AvgIpc) is 2.96. The molecule has 8 heteroatoms. The fourth-order valence-electron chi connectivity index (χ4n) is 2.58. The van der Waals surface area contributed by atoms with Crippen LogP contribution in [-0.2, 0) is 14.3 Å². The van der Waals surface area contributed by atoms with E-state index >= 15 is 0 Å². The second kappa shape index (κ2) is 7.02. The first-order valence-electron chi connectivity index (χ1n) is 7.07. The van der Waals surface area contributed by atoms with Crippen LogP contribution in [0.1, 0.15) is 19.8 Å². The highest BCUT2D eigenvalue weighted by Crippen LogP contribution is 2.25. The molecule has 2 saturated heterocycles. The molecule has 2 aliphatic heterocycles. The third-order valence-corrected chi connectivity index (χ3v) is 4.81. The fraction of sp³-hybridized carbons (Fsp3) is 0.769. The van der Waals surface area contributed by atoms with Crippen LogP contribution < -0.4 is 0 Å². The normalized spacial score (nSPS) is 23.2. The highest BCUT2D eigenvalue weighted by Gasteiger charge is 2.38. The Hall–Kier alpha value is -1.44. The van der Waals surface area contributed by atoms with E-state index in [1.54, 1.807) is 11.8 Å². The molecule has 0 saturated carbocycles. The third-order valence-electron chi connectivity index (χ3n) is 3.80. The van der Waals surface area contributed by atoms with Gasteiger partial charge in [0.2, 0.25) is 0 Å². The second-order valence-electron chi connectivity index (χ2n) is 5.12. The number of carbonyl (C=O) groups excluding carboxylic acids is 2. The lowest BCUT2D eigenvalue weighted by atomic mass is 9.97. The number of ether oxygens (including phenoxy) is 1. The van der Waals surface area contributed by atoms with E-state index in [2.05, 4.69) is 0 Å². The van der Waals surface area contributed by atoms with E-state index in [1.807, 2.05) is 0 Å². The molecule has 1 N–H and O–H groups in total. The maximum absolute atomic E-state index is 12.4. The smallest absolute Gasteiger partial charge is 0.327 e. The largest absolute Gasteiger partial charge is 0.480 e. The fourth-order valence-corrected chi connectivity index (χ4v) is 3.72. The quantitative estimate of drug-likeness (QED) is 0.777. The highest BCUT2D eigenvalue weighted by atomic mass is 32.2. The summed E-state index contributed by atoms with van der Waals surface area (Å²) in [7, 11) is 0. The maximum atomic E-state index is 12.4. The molecule has 0 aromatic rings. The Morgan fingerprint density at radius 1 is 1.29 bits per heavy atom. The number of urea groups is 1. The molecule has 2 aliphatic rings. The lowest BCUT2D eigenvalue weighted by Crippen LogP contribution is -2.51. The van der Waals surface area contributed by atoms with Crippen molar-refractivity contribution in [3.05, 3.63) is 0 Å². The topological polar surface area (TPSA) is 87.2 Å². The maximum Gasteiger partial charge on any atom is 0.327 e. The number of likely N-dealkylation sites (tertiary alicyclic amines) is 1. The van der Waals surface area contributed by atoms with Crippen LogP contribution in [0, 0.1) is 5.92 Å². The van der Waals surface area contributed by atoms with Crippen molar-refractivity contribution < 1.29 is 24.2 Å². The predicted octanol–water partition coefficient (Wildman–Crippen LogP) is 0.841. The van der Waals surface area contributed by atoms with Gasteiger partial charge in [0.1, 0.15) is 6.04 Å². The number of thioether (sulfide) groups is 1. The summed E-state index contributed by atoms with van der Waals surface area (Å²) in [6.07, 6.45) is 1.15. The molecule has 0 spiro atoms. The second-order valence-corrected chi connectivity index (χ2v) is 6.12. The van der Waals surface area contributed by atoms with Gasteiger partial charge in [-0.25, -0.2) is 9.59 Å². The van der Waals surface area contributed by atoms with Crippen molar-refractivity contribution in [1.82, 2.24) is 9.80 Å². The van der Waals surface area contributed by atoms with Crippen molar-refractivity contribution >= 4 is 29.7 Å². The first kappa shape index (κ1) is 15.9. The van der Waals surface area contributed by atoms with E-state index in [-0.39, 0.29) is 17.9 Å². The van der Waals surface area contributed by atoms with Gasteiger partial charge in [0, 0.05) is 18.8 Å². The SMILES string of the molecule is CCOC(=O)C1CCN(C(=O)N2CSCC2C(=O)O)CC1. The van der Waals surface area contributed by atoms with Crippen molar-refractivity contribution in [3.8, 4) is 0 Å². The number of carboxylic acid groups (broad SMARTS) is 1. The molecular weight excluding hydrogens is 296 g/mol. The number of rotatable bonds is 3. The van der Waals surface area contributed by atoms with Gasteiger partial charge in [-0.1, -0.05) is 0 Å². The molecular formula is C13H20N2O5S. The summed E-state index contributed by atoms with van der Waals surface area (Å²) in [5, 5.41) is 9.12. The summed E-state index contributed by atoms with van der Waals surface area (Å²) in [5.41, 5.74) is 0. The van der Waals surface area contributed by atoms with Crippen molar-refractivity contribution in [1.29, 1.82) is 0 Å². The third kappa shape index (κ3) is 3.61. The van der Waals surface area contributed by atoms with Crippen LogP contribution in [0.15, 0.2) is 0 Å². The molecule has 21 heavy (non-hydrogen) atoms. The van der Waals surface area contributed by atoms with E-state index < -0.39 is 12.0 Å². The minimum absolute atomic E-state index is 0.155. The Morgan fingerprint density at radius 2 is 1.95 bits per heavy atom. The molecule has 2 heterocycles. The van der Waals surface area contributed by atoms with Gasteiger partial charge in [-0.15, -0.1) is 11.8 Å². The lowest BCUT2D eigenvalue weighted by molar-refractivity contribution is -0.149. The van der Waals surface area contributed by atoms with Crippen molar-refractivity contribution in [3.63, 3.8) is 0 Å². The average molecular weight is 316 g/mol. The van der Waals surface area contributed by atoms with Crippen LogP contribution in [0.5, 0.6) is 0 Å². The van der Waals surface area contributed by atoms with E-state index in [0.717, 1.165) is 0 Å². The van der Waals surface area contributed by atoms with Crippen LogP contribution in [0.4, 0.5) is 4.79 Å². The molecule has 0 aliphatic carbocycles. The zero-order chi connectivity index (χ0) is 15.4. The zero-order valence-electron chi connectivity index (χ0n) is 12.0. The Bertz CT molecular complexity index is 423. The van der Waals surface area contributed by atoms with Gasteiger partial charge in [0.25, 0.3) is 0 Å². The minimum atomic E-state index is -0.963. The van der Waals surface area contributed by atoms with Crippen LogP contribution in [-0.4, -0.2) is 70.2 Å². The predicted molar refractivity (Wildman–Crippen MR) is 76.9 cm³/mol. The number of carboxylic acids is 1. The zero-order valence-corrected chi connectivity index (χ0v) is 12.8. The van der Waals surface area contributed by atoms with Gasteiger partial charge in [-0.05, 0) is 19.8 Å². The number of amides is 2. The summed E-state index contributed by atoms with van der Waals surface area (Å²) in [5.74, 6) is -0.481. The molecule has 7 nitrogen and oxygen atoms in total. The summed E-state index contributed by atoms with van der Waals surface area (Å²) in [6, 6.07) is -0.986. The number of aliphatic carboxylic acids is 1. The van der Waals surface area contributed by atoms with E-state index in [9.17, 15) is 14.4 Å². The number of hydrogen-bond acceptors (Lipinski definition) is 5. The van der Waals surface area contributed by atoms with Crippen LogP contribution in [0.2, 0.25) is 0 Å². The Labute approximate surface area is 127 Å². The molecule has 118 valence electrons. The summed E-state index contributed by atoms with van der Waals surface area (Å²) in [6.45, 7) is 3.07. The van der Waals surface area contributed by atoms with Gasteiger partial charge in [-0.2, -0.15) is 0 Å². The van der Waals surface area contributed by atoms with Crippen LogP contribution >= 0.6 is 11.8 Å². The molecule has 0 radical (unpaired) electrons. The first-order chi connectivity index (χ1) is 10.0. The monoisotopic (exact) mass is 316 g/mol. The van der Waals surface area contributed by atoms with Gasteiger partial charge in [-0.3, -0.25) is 4.79 Å². The Morgan fingerprint density at radius 3 is 2.52 bits per heavy atom. The number of carbonyl (C=O) groups is 3. The lowest BCUT2D eigenvalue weighted by Gasteiger charge is -2.34. The Kier molecular flexibility index (Phi) is 5.33. The van der Waals surface area contributed by atoms with Gasteiger partial charge < -0.3 is 19.6 Å². The summed E-state index contributed by atoms with van der Waals surface area (Å²) >= 11 is 1.45. The van der Waals surface area contributed by atoms with Crippen LogP contribution in [0.3, 0.4) is 0 Å². The highest BCUT2D eigenvalue weighted by molar-refractivity contribution is 7.99. The molecule has 0 aromatic carbocycles. The van der Waals surface area contributed by atoms with E-state index in [4.69, 9.17) is 9.84 Å². The minimum Gasteiger partial charge on any atom is -0.480 e. The molecule has 2 rings (SSSR count). The molecule has 1 atom stereocenters. The number of nitrogens with zero attached hydrogens (tertiary/aromatic N) is 2. The summed E-state index contributed by atoms with van der Waals surface area (Å²) < 4.78 is 4.99. The van der Waals surface area contributed by atoms with Crippen molar-refractivity contribution in [2.75, 3.05) is 31.3 Å². The molecule has 0 bridgehead atoms. The number of hydrogen-bond donors (Lipinski definition) is 1. The van der Waals surface area contributed by atoms with Crippen molar-refractivity contribution in [2.45, 2.75) is 25.8 Å². The van der Waals surface area contributed by atoms with Crippen LogP contribution in [0.25, 0.3) is 0 Å². The van der Waals surface area contributed by atoms with Gasteiger partial charge >= 0.3 is 18.0 Å². The van der Waals surface area contributed by atoms with Crippen molar-refractivity contribution in [2.24, 2.45) is 5.92 Å². The van der Waals surface area contributed by atoms with Gasteiger partial charge in [0.15, 0.2) is 0 Å².